The van der Waals surface area contributed by atoms with E-state index in [1.54, 1.807) is 28.8 Å². The van der Waals surface area contributed by atoms with Crippen LogP contribution in [0.1, 0.15) is 20.8 Å². The lowest BCUT2D eigenvalue weighted by Gasteiger charge is -2.06. The Morgan fingerprint density at radius 2 is 2.14 bits per heavy atom. The number of hydrogen-bond donors (Lipinski definition) is 1. The standard InChI is InChI=1S/C15H10FN3O2/c16-11-5-4-10(9-20)7-12(11)18-15(21)13-8-17-14-3-1-2-6-19(13)14/h1-9H,(H,18,21). The van der Waals surface area contributed by atoms with E-state index in [4.69, 9.17) is 0 Å². The van der Waals surface area contributed by atoms with Crippen LogP contribution in [0.15, 0.2) is 48.8 Å². The van der Waals surface area contributed by atoms with Crippen molar-refractivity contribution in [3.05, 3.63) is 65.9 Å². The van der Waals surface area contributed by atoms with Gasteiger partial charge in [0.2, 0.25) is 0 Å². The van der Waals surface area contributed by atoms with Crippen LogP contribution in [0.4, 0.5) is 10.1 Å². The van der Waals surface area contributed by atoms with E-state index in [0.717, 1.165) is 6.07 Å². The molecule has 0 fully saturated rings. The summed E-state index contributed by atoms with van der Waals surface area (Å²) in [6.45, 7) is 0. The molecule has 1 N–H and O–H groups in total. The van der Waals surface area contributed by atoms with Crippen LogP contribution in [0.5, 0.6) is 0 Å². The van der Waals surface area contributed by atoms with Crippen molar-refractivity contribution in [2.75, 3.05) is 5.32 Å². The summed E-state index contributed by atoms with van der Waals surface area (Å²) in [5.41, 5.74) is 1.13. The van der Waals surface area contributed by atoms with Gasteiger partial charge in [0, 0.05) is 11.8 Å². The molecule has 1 aromatic carbocycles. The fraction of sp³-hybridized carbons (Fsp3) is 0. The first-order chi connectivity index (χ1) is 10.2. The van der Waals surface area contributed by atoms with Gasteiger partial charge in [0.1, 0.15) is 23.4 Å². The van der Waals surface area contributed by atoms with Crippen LogP contribution in [0.3, 0.4) is 0 Å². The Labute approximate surface area is 119 Å². The number of amides is 1. The van der Waals surface area contributed by atoms with Gasteiger partial charge in [-0.3, -0.25) is 14.0 Å². The van der Waals surface area contributed by atoms with E-state index < -0.39 is 11.7 Å². The molecule has 0 spiro atoms. The van der Waals surface area contributed by atoms with Crippen molar-refractivity contribution in [1.82, 2.24) is 9.38 Å². The highest BCUT2D eigenvalue weighted by atomic mass is 19.1. The highest BCUT2D eigenvalue weighted by Crippen LogP contribution is 2.17. The van der Waals surface area contributed by atoms with E-state index in [1.807, 2.05) is 0 Å². The fourth-order valence-electron chi connectivity index (χ4n) is 2.00. The van der Waals surface area contributed by atoms with E-state index >= 15 is 0 Å². The van der Waals surface area contributed by atoms with Gasteiger partial charge in [0.15, 0.2) is 0 Å². The Bertz CT molecular complexity index is 842. The number of nitrogens with zero attached hydrogens (tertiary/aromatic N) is 2. The average Bonchev–Trinajstić information content (AvgIpc) is 2.93. The Morgan fingerprint density at radius 1 is 1.29 bits per heavy atom. The maximum atomic E-state index is 13.7. The number of aldehydes is 1. The molecular weight excluding hydrogens is 273 g/mol. The molecule has 3 aromatic rings. The summed E-state index contributed by atoms with van der Waals surface area (Å²) in [6, 6.07) is 9.07. The normalized spacial score (nSPS) is 10.5. The van der Waals surface area contributed by atoms with Gasteiger partial charge in [-0.2, -0.15) is 0 Å². The number of halogens is 1. The quantitative estimate of drug-likeness (QED) is 0.751. The molecule has 1 amide bonds. The molecular formula is C15H10FN3O2. The lowest BCUT2D eigenvalue weighted by molar-refractivity contribution is 0.102. The van der Waals surface area contributed by atoms with E-state index in [-0.39, 0.29) is 16.9 Å². The highest BCUT2D eigenvalue weighted by molar-refractivity contribution is 6.03. The number of fused-ring (bicyclic) bond motifs is 1. The van der Waals surface area contributed by atoms with Crippen LogP contribution in [0.25, 0.3) is 5.65 Å². The molecule has 0 aliphatic heterocycles. The molecule has 21 heavy (non-hydrogen) atoms. The topological polar surface area (TPSA) is 63.5 Å². The molecule has 0 saturated carbocycles. The van der Waals surface area contributed by atoms with Gasteiger partial charge in [-0.25, -0.2) is 9.37 Å². The van der Waals surface area contributed by atoms with E-state index in [1.165, 1.54) is 18.3 Å². The molecule has 0 unspecified atom stereocenters. The van der Waals surface area contributed by atoms with Crippen molar-refractivity contribution < 1.29 is 14.0 Å². The lowest BCUT2D eigenvalue weighted by Crippen LogP contribution is -2.15. The molecule has 6 heteroatoms. The summed E-state index contributed by atoms with van der Waals surface area (Å²) in [6.07, 6.45) is 3.69. The van der Waals surface area contributed by atoms with Crippen LogP contribution < -0.4 is 5.32 Å². The molecule has 0 radical (unpaired) electrons. The third-order valence-electron chi connectivity index (χ3n) is 3.02. The van der Waals surface area contributed by atoms with Crippen molar-refractivity contribution in [2.24, 2.45) is 0 Å². The molecule has 2 heterocycles. The summed E-state index contributed by atoms with van der Waals surface area (Å²) >= 11 is 0. The second kappa shape index (κ2) is 5.16. The van der Waals surface area contributed by atoms with Gasteiger partial charge in [-0.15, -0.1) is 0 Å². The first-order valence-electron chi connectivity index (χ1n) is 6.17. The van der Waals surface area contributed by atoms with Crippen molar-refractivity contribution in [3.8, 4) is 0 Å². The number of carbonyl (C=O) groups excluding carboxylic acids is 2. The van der Waals surface area contributed by atoms with Gasteiger partial charge in [0.25, 0.3) is 5.91 Å². The van der Waals surface area contributed by atoms with Crippen LogP contribution in [-0.4, -0.2) is 21.6 Å². The second-order valence-electron chi connectivity index (χ2n) is 4.38. The van der Waals surface area contributed by atoms with E-state index in [0.29, 0.717) is 11.9 Å². The maximum absolute atomic E-state index is 13.7. The van der Waals surface area contributed by atoms with Gasteiger partial charge >= 0.3 is 0 Å². The number of carbonyl (C=O) groups is 2. The van der Waals surface area contributed by atoms with Crippen molar-refractivity contribution in [1.29, 1.82) is 0 Å². The van der Waals surface area contributed by atoms with Crippen molar-refractivity contribution >= 4 is 23.5 Å². The SMILES string of the molecule is O=Cc1ccc(F)c(NC(=O)c2cnc3ccccn23)c1. The minimum Gasteiger partial charge on any atom is -0.318 e. The smallest absolute Gasteiger partial charge is 0.274 e. The largest absolute Gasteiger partial charge is 0.318 e. The number of imidazole rings is 1. The average molecular weight is 283 g/mol. The first-order valence-corrected chi connectivity index (χ1v) is 6.17. The monoisotopic (exact) mass is 283 g/mol. The molecule has 0 bridgehead atoms. The fourth-order valence-corrected chi connectivity index (χ4v) is 2.00. The molecule has 3 rings (SSSR count). The van der Waals surface area contributed by atoms with E-state index in [9.17, 15) is 14.0 Å². The Hall–Kier alpha value is -3.02. The molecule has 0 aliphatic carbocycles. The molecule has 104 valence electrons. The zero-order valence-electron chi connectivity index (χ0n) is 10.8. The highest BCUT2D eigenvalue weighted by Gasteiger charge is 2.14. The third-order valence-corrected chi connectivity index (χ3v) is 3.02. The van der Waals surface area contributed by atoms with Crippen LogP contribution in [0, 0.1) is 5.82 Å². The molecule has 0 atom stereocenters. The Balaban J connectivity index is 1.95. The number of aromatic nitrogens is 2. The minimum atomic E-state index is -0.609. The van der Waals surface area contributed by atoms with Crippen LogP contribution in [-0.2, 0) is 0 Å². The molecule has 0 aliphatic rings. The summed E-state index contributed by atoms with van der Waals surface area (Å²) in [5, 5.41) is 2.45. The number of nitrogens with one attached hydrogen (secondary N) is 1. The third kappa shape index (κ3) is 2.38. The number of benzene rings is 1. The Kier molecular flexibility index (Phi) is 3.19. The zero-order valence-corrected chi connectivity index (χ0v) is 10.8. The van der Waals surface area contributed by atoms with Crippen molar-refractivity contribution in [3.63, 3.8) is 0 Å². The van der Waals surface area contributed by atoms with E-state index in [2.05, 4.69) is 10.3 Å². The first kappa shape index (κ1) is 13.0. The molecule has 0 saturated heterocycles. The van der Waals surface area contributed by atoms with Gasteiger partial charge in [0.05, 0.1) is 11.9 Å². The number of rotatable bonds is 3. The molecule has 2 aromatic heterocycles. The van der Waals surface area contributed by atoms with Gasteiger partial charge < -0.3 is 5.32 Å². The number of anilines is 1. The summed E-state index contributed by atoms with van der Waals surface area (Å²) in [4.78, 5) is 27.0. The number of hydrogen-bond acceptors (Lipinski definition) is 3. The number of pyridine rings is 1. The van der Waals surface area contributed by atoms with Crippen LogP contribution >= 0.6 is 0 Å². The predicted octanol–water partition coefficient (Wildman–Crippen LogP) is 2.54. The minimum absolute atomic E-state index is 0.0459. The zero-order chi connectivity index (χ0) is 14.8. The van der Waals surface area contributed by atoms with Crippen molar-refractivity contribution in [2.45, 2.75) is 0 Å². The lowest BCUT2D eigenvalue weighted by atomic mass is 10.2. The summed E-state index contributed by atoms with van der Waals surface area (Å²) in [7, 11) is 0. The summed E-state index contributed by atoms with van der Waals surface area (Å²) < 4.78 is 15.3. The summed E-state index contributed by atoms with van der Waals surface area (Å²) in [5.74, 6) is -1.11. The second-order valence-corrected chi connectivity index (χ2v) is 4.38. The Morgan fingerprint density at radius 3 is 2.95 bits per heavy atom. The maximum Gasteiger partial charge on any atom is 0.274 e. The van der Waals surface area contributed by atoms with Gasteiger partial charge in [-0.1, -0.05) is 6.07 Å². The van der Waals surface area contributed by atoms with Gasteiger partial charge in [-0.05, 0) is 30.3 Å². The predicted molar refractivity (Wildman–Crippen MR) is 74.9 cm³/mol. The molecule has 5 nitrogen and oxygen atoms in total. The van der Waals surface area contributed by atoms with Crippen LogP contribution in [0.2, 0.25) is 0 Å².